The van der Waals surface area contributed by atoms with Crippen molar-refractivity contribution in [2.24, 2.45) is 0 Å². The molecule has 0 unspecified atom stereocenters. The predicted molar refractivity (Wildman–Crippen MR) is 158 cm³/mol. The van der Waals surface area contributed by atoms with E-state index < -0.39 is 17.6 Å². The fraction of sp³-hybridized carbons (Fsp3) is 0.323. The maximum Gasteiger partial charge on any atom is 0.416 e. The molecule has 43 heavy (non-hydrogen) atoms. The zero-order valence-electron chi connectivity index (χ0n) is 24.3. The number of hydrogen-bond donors (Lipinski definition) is 2. The number of nitrogens with zero attached hydrogens (tertiary/aromatic N) is 6. The van der Waals surface area contributed by atoms with Crippen LogP contribution in [0.2, 0.25) is 0 Å². The molecule has 0 saturated carbocycles. The van der Waals surface area contributed by atoms with Gasteiger partial charge in [-0.3, -0.25) is 14.7 Å². The van der Waals surface area contributed by atoms with Gasteiger partial charge in [-0.05, 0) is 58.1 Å². The highest BCUT2D eigenvalue weighted by Gasteiger charge is 2.35. The highest BCUT2D eigenvalue weighted by molar-refractivity contribution is 6.04. The second-order valence-electron chi connectivity index (χ2n) is 10.8. The number of aromatic nitrogens is 4. The SMILES string of the molecule is Cc1nc2cnc(N)c(C#Cc3cncc(C(=O)Nc4ccc(CN5CC[C@H](N(C)C)C5)c(C(F)(F)F)c4)c3)c2nc1C. The van der Waals surface area contributed by atoms with E-state index in [2.05, 4.69) is 42.0 Å². The lowest BCUT2D eigenvalue weighted by atomic mass is 10.0. The molecule has 1 saturated heterocycles. The van der Waals surface area contributed by atoms with E-state index in [0.717, 1.165) is 30.4 Å². The molecular weight excluding hydrogens is 557 g/mol. The summed E-state index contributed by atoms with van der Waals surface area (Å²) in [5.41, 5.74) is 8.99. The van der Waals surface area contributed by atoms with Crippen LogP contribution in [-0.2, 0) is 12.7 Å². The maximum absolute atomic E-state index is 14.0. The van der Waals surface area contributed by atoms with Gasteiger partial charge in [0.05, 0.1) is 34.3 Å². The van der Waals surface area contributed by atoms with Gasteiger partial charge in [0, 0.05) is 49.3 Å². The number of carbonyl (C=O) groups is 1. The van der Waals surface area contributed by atoms with Gasteiger partial charge in [0.25, 0.3) is 5.91 Å². The number of hydrogen-bond acceptors (Lipinski definition) is 8. The number of alkyl halides is 3. The number of benzene rings is 1. The van der Waals surface area contributed by atoms with E-state index in [-0.39, 0.29) is 29.2 Å². The minimum Gasteiger partial charge on any atom is -0.383 e. The van der Waals surface area contributed by atoms with E-state index in [0.29, 0.717) is 34.7 Å². The lowest BCUT2D eigenvalue weighted by Gasteiger charge is -2.22. The normalized spacial score (nSPS) is 15.5. The van der Waals surface area contributed by atoms with E-state index in [1.54, 1.807) is 0 Å². The van der Waals surface area contributed by atoms with Gasteiger partial charge < -0.3 is 16.0 Å². The number of nitrogens with one attached hydrogen (secondary N) is 1. The van der Waals surface area contributed by atoms with Crippen molar-refractivity contribution in [1.82, 2.24) is 29.7 Å². The Labute approximate surface area is 247 Å². The van der Waals surface area contributed by atoms with Crippen molar-refractivity contribution < 1.29 is 18.0 Å². The first-order valence-corrected chi connectivity index (χ1v) is 13.7. The molecule has 3 aromatic heterocycles. The van der Waals surface area contributed by atoms with Crippen LogP contribution >= 0.6 is 0 Å². The monoisotopic (exact) mass is 588 g/mol. The average molecular weight is 589 g/mol. The van der Waals surface area contributed by atoms with Crippen LogP contribution in [0.15, 0.2) is 42.9 Å². The first kappa shape index (κ1) is 29.9. The molecule has 222 valence electrons. The van der Waals surface area contributed by atoms with Gasteiger partial charge in [0.15, 0.2) is 0 Å². The molecule has 9 nitrogen and oxygen atoms in total. The van der Waals surface area contributed by atoms with Crippen molar-refractivity contribution in [3.63, 3.8) is 0 Å². The summed E-state index contributed by atoms with van der Waals surface area (Å²) >= 11 is 0. The Hall–Kier alpha value is -4.60. The van der Waals surface area contributed by atoms with Crippen LogP contribution in [-0.4, -0.2) is 68.9 Å². The molecule has 1 atom stereocenters. The molecule has 1 fully saturated rings. The number of nitrogens with two attached hydrogens (primary N) is 1. The van der Waals surface area contributed by atoms with E-state index in [1.165, 1.54) is 36.8 Å². The van der Waals surface area contributed by atoms with E-state index >= 15 is 0 Å². The molecule has 0 aliphatic carbocycles. The molecule has 1 aliphatic heterocycles. The number of aryl methyl sites for hydroxylation is 2. The third-order valence-corrected chi connectivity index (χ3v) is 7.53. The van der Waals surface area contributed by atoms with Crippen molar-refractivity contribution in [2.45, 2.75) is 39.0 Å². The Morgan fingerprint density at radius 1 is 1.12 bits per heavy atom. The van der Waals surface area contributed by atoms with Gasteiger partial charge in [0.1, 0.15) is 16.9 Å². The zero-order valence-corrected chi connectivity index (χ0v) is 24.3. The summed E-state index contributed by atoms with van der Waals surface area (Å²) < 4.78 is 42.1. The first-order valence-electron chi connectivity index (χ1n) is 13.7. The van der Waals surface area contributed by atoms with Crippen molar-refractivity contribution in [3.8, 4) is 11.8 Å². The number of fused-ring (bicyclic) bond motifs is 1. The third-order valence-electron chi connectivity index (χ3n) is 7.53. The van der Waals surface area contributed by atoms with Gasteiger partial charge in [0.2, 0.25) is 0 Å². The summed E-state index contributed by atoms with van der Waals surface area (Å²) in [6.07, 6.45) is 0.647. The van der Waals surface area contributed by atoms with Crippen LogP contribution in [0.3, 0.4) is 0 Å². The molecular formula is C31H31F3N8O. The number of anilines is 2. The fourth-order valence-corrected chi connectivity index (χ4v) is 4.98. The summed E-state index contributed by atoms with van der Waals surface area (Å²) in [4.78, 5) is 34.4. The second-order valence-corrected chi connectivity index (χ2v) is 10.8. The summed E-state index contributed by atoms with van der Waals surface area (Å²) in [5.74, 6) is 5.46. The number of halogens is 3. The van der Waals surface area contributed by atoms with Crippen molar-refractivity contribution >= 4 is 28.4 Å². The van der Waals surface area contributed by atoms with Crippen LogP contribution in [0, 0.1) is 25.7 Å². The largest absolute Gasteiger partial charge is 0.416 e. The topological polar surface area (TPSA) is 113 Å². The van der Waals surface area contributed by atoms with E-state index in [9.17, 15) is 18.0 Å². The van der Waals surface area contributed by atoms with Crippen molar-refractivity contribution in [3.05, 3.63) is 82.1 Å². The standard InChI is InChI=1S/C31H31F3N8O/c1-18-19(2)39-28-25(29(35)37-15-27(28)38-18)8-5-20-11-22(14-36-13-20)30(43)40-23-7-6-21(26(12-23)31(32,33)34)16-42-10-9-24(17-42)41(3)4/h6-7,11-15,24H,9-10,16-17H2,1-4H3,(H2,35,37)(H,40,43)/t24-/m0/s1. The number of pyridine rings is 2. The molecule has 0 spiro atoms. The van der Waals surface area contributed by atoms with Gasteiger partial charge in [-0.1, -0.05) is 17.9 Å². The zero-order chi connectivity index (χ0) is 30.9. The molecule has 1 amide bonds. The number of nitrogen functional groups attached to an aromatic ring is 1. The average Bonchev–Trinajstić information content (AvgIpc) is 3.43. The van der Waals surface area contributed by atoms with Crippen LogP contribution in [0.4, 0.5) is 24.7 Å². The lowest BCUT2D eigenvalue weighted by Crippen LogP contribution is -2.31. The number of carbonyl (C=O) groups excluding carboxylic acids is 1. The van der Waals surface area contributed by atoms with Gasteiger partial charge in [-0.15, -0.1) is 0 Å². The number of likely N-dealkylation sites (N-methyl/N-ethyl adjacent to an activating group) is 1. The Balaban J connectivity index is 1.36. The maximum atomic E-state index is 14.0. The van der Waals surface area contributed by atoms with Crippen LogP contribution in [0.25, 0.3) is 11.0 Å². The highest BCUT2D eigenvalue weighted by Crippen LogP contribution is 2.35. The summed E-state index contributed by atoms with van der Waals surface area (Å²) in [5, 5.41) is 2.56. The molecule has 4 heterocycles. The molecule has 1 aromatic carbocycles. The fourth-order valence-electron chi connectivity index (χ4n) is 4.98. The van der Waals surface area contributed by atoms with Crippen molar-refractivity contribution in [1.29, 1.82) is 0 Å². The third kappa shape index (κ3) is 6.74. The van der Waals surface area contributed by atoms with Gasteiger partial charge >= 0.3 is 6.18 Å². The van der Waals surface area contributed by atoms with E-state index in [1.807, 2.05) is 32.8 Å². The van der Waals surface area contributed by atoms with Gasteiger partial charge in [-0.25, -0.2) is 15.0 Å². The van der Waals surface area contributed by atoms with Crippen LogP contribution in [0.5, 0.6) is 0 Å². The molecule has 5 rings (SSSR count). The quantitative estimate of drug-likeness (QED) is 0.330. The molecule has 4 aromatic rings. The Bertz CT molecular complexity index is 1760. The Morgan fingerprint density at radius 2 is 1.88 bits per heavy atom. The van der Waals surface area contributed by atoms with Crippen molar-refractivity contribution in [2.75, 3.05) is 38.2 Å². The second kappa shape index (κ2) is 11.9. The van der Waals surface area contributed by atoms with E-state index in [4.69, 9.17) is 5.73 Å². The lowest BCUT2D eigenvalue weighted by molar-refractivity contribution is -0.138. The number of amides is 1. The summed E-state index contributed by atoms with van der Waals surface area (Å²) in [6, 6.07) is 5.70. The summed E-state index contributed by atoms with van der Waals surface area (Å²) in [6.45, 7) is 5.28. The first-order chi connectivity index (χ1) is 20.4. The summed E-state index contributed by atoms with van der Waals surface area (Å²) in [7, 11) is 3.94. The molecule has 0 radical (unpaired) electrons. The molecule has 1 aliphatic rings. The smallest absolute Gasteiger partial charge is 0.383 e. The number of likely N-dealkylation sites (tertiary alicyclic amines) is 1. The van der Waals surface area contributed by atoms with Crippen LogP contribution in [0.1, 0.15) is 50.4 Å². The molecule has 3 N–H and O–H groups in total. The molecule has 0 bridgehead atoms. The number of rotatable bonds is 5. The minimum atomic E-state index is -4.58. The minimum absolute atomic E-state index is 0.0315. The Kier molecular flexibility index (Phi) is 8.30. The molecule has 12 heteroatoms. The van der Waals surface area contributed by atoms with Crippen LogP contribution < -0.4 is 11.1 Å². The van der Waals surface area contributed by atoms with Gasteiger partial charge in [-0.2, -0.15) is 13.2 Å². The predicted octanol–water partition coefficient (Wildman–Crippen LogP) is 4.43. The highest BCUT2D eigenvalue weighted by atomic mass is 19.4. The Morgan fingerprint density at radius 3 is 2.60 bits per heavy atom.